The number of methoxy groups -OCH3 is 1. The van der Waals surface area contributed by atoms with E-state index in [-0.39, 0.29) is 28.6 Å². The third-order valence-corrected chi connectivity index (χ3v) is 5.89. The van der Waals surface area contributed by atoms with Crippen molar-refractivity contribution in [3.63, 3.8) is 0 Å². The maximum Gasteiger partial charge on any atom is 0.332 e. The zero-order valence-corrected chi connectivity index (χ0v) is 18.5. The molecule has 0 saturated heterocycles. The molecule has 1 aliphatic rings. The van der Waals surface area contributed by atoms with Crippen LogP contribution in [-0.2, 0) is 16.5 Å². The van der Waals surface area contributed by atoms with Gasteiger partial charge in [0, 0.05) is 13.0 Å². The van der Waals surface area contributed by atoms with E-state index < -0.39 is 15.9 Å². The molecule has 2 aromatic heterocycles. The minimum Gasteiger partial charge on any atom is -0.477 e. The van der Waals surface area contributed by atoms with Crippen molar-refractivity contribution in [2.45, 2.75) is 57.4 Å². The summed E-state index contributed by atoms with van der Waals surface area (Å²) in [6.07, 6.45) is 2.07. The first-order valence-corrected chi connectivity index (χ1v) is 11.2. The number of amides is 2. The highest BCUT2D eigenvalue weighted by Crippen LogP contribution is 2.32. The van der Waals surface area contributed by atoms with E-state index in [1.165, 1.54) is 18.0 Å². The summed E-state index contributed by atoms with van der Waals surface area (Å²) >= 11 is 0. The van der Waals surface area contributed by atoms with Gasteiger partial charge in [-0.15, -0.1) is 0 Å². The Kier molecular flexibility index (Phi) is 6.15. The molecule has 164 valence electrons. The second-order valence-corrected chi connectivity index (χ2v) is 9.27. The van der Waals surface area contributed by atoms with Gasteiger partial charge < -0.3 is 14.8 Å². The SMILES string of the molecule is COc1nc(C(C)C)c(NC(=O)NS(=N)(=O)c2cnn3c2OCCC3)c(C(C)C)n1. The number of hydrogen-bond acceptors (Lipinski definition) is 8. The van der Waals surface area contributed by atoms with E-state index in [2.05, 4.69) is 25.1 Å². The zero-order chi connectivity index (χ0) is 22.1. The summed E-state index contributed by atoms with van der Waals surface area (Å²) < 4.78 is 35.7. The number of ether oxygens (including phenoxy) is 2. The normalized spacial score (nSPS) is 15.3. The summed E-state index contributed by atoms with van der Waals surface area (Å²) in [6, 6.07) is -0.593. The van der Waals surface area contributed by atoms with Gasteiger partial charge in [-0.2, -0.15) is 15.1 Å². The molecule has 3 heterocycles. The summed E-state index contributed by atoms with van der Waals surface area (Å²) in [5.74, 6) is 0.178. The fourth-order valence-corrected chi connectivity index (χ4v) is 4.12. The van der Waals surface area contributed by atoms with Gasteiger partial charge in [0.05, 0.1) is 37.0 Å². The van der Waals surface area contributed by atoms with E-state index in [4.69, 9.17) is 14.3 Å². The molecule has 3 rings (SSSR count). The topological polar surface area (TPSA) is 144 Å². The third kappa shape index (κ3) is 4.32. The van der Waals surface area contributed by atoms with Crippen LogP contribution < -0.4 is 19.5 Å². The molecule has 3 N–H and O–H groups in total. The Hall–Kier alpha value is -2.89. The van der Waals surface area contributed by atoms with Crippen LogP contribution in [0.2, 0.25) is 0 Å². The molecule has 12 heteroatoms. The number of nitrogens with one attached hydrogen (secondary N) is 3. The molecule has 2 aromatic rings. The lowest BCUT2D eigenvalue weighted by Crippen LogP contribution is -2.35. The Bertz CT molecular complexity index is 1020. The highest BCUT2D eigenvalue weighted by atomic mass is 32.2. The summed E-state index contributed by atoms with van der Waals surface area (Å²) in [4.78, 5) is 21.5. The lowest BCUT2D eigenvalue weighted by Gasteiger charge is -2.20. The van der Waals surface area contributed by atoms with Gasteiger partial charge in [0.2, 0.25) is 5.88 Å². The fourth-order valence-electron chi connectivity index (χ4n) is 3.10. The van der Waals surface area contributed by atoms with Crippen LogP contribution in [0.1, 0.15) is 57.3 Å². The molecule has 1 unspecified atom stereocenters. The van der Waals surface area contributed by atoms with Crippen LogP contribution in [0.5, 0.6) is 11.9 Å². The van der Waals surface area contributed by atoms with Crippen molar-refractivity contribution in [2.75, 3.05) is 19.0 Å². The molecule has 1 aliphatic heterocycles. The van der Waals surface area contributed by atoms with E-state index in [0.29, 0.717) is 30.2 Å². The molecule has 1 atom stereocenters. The number of anilines is 1. The quantitative estimate of drug-likeness (QED) is 0.630. The number of rotatable bonds is 6. The summed E-state index contributed by atoms with van der Waals surface area (Å²) in [6.45, 7) is 8.77. The van der Waals surface area contributed by atoms with Crippen molar-refractivity contribution in [1.82, 2.24) is 24.5 Å². The average Bonchev–Trinajstić information content (AvgIpc) is 3.12. The van der Waals surface area contributed by atoms with Gasteiger partial charge in [0.25, 0.3) is 0 Å². The van der Waals surface area contributed by atoms with Crippen molar-refractivity contribution in [3.8, 4) is 11.9 Å². The number of hydrogen-bond donors (Lipinski definition) is 3. The van der Waals surface area contributed by atoms with Crippen molar-refractivity contribution >= 4 is 21.6 Å². The number of carbonyl (C=O) groups excluding carboxylic acids is 1. The van der Waals surface area contributed by atoms with Crippen LogP contribution in [0.4, 0.5) is 10.5 Å². The number of urea groups is 1. The Labute approximate surface area is 175 Å². The Morgan fingerprint density at radius 1 is 1.27 bits per heavy atom. The van der Waals surface area contributed by atoms with E-state index in [1.807, 2.05) is 27.7 Å². The number of aromatic nitrogens is 4. The summed E-state index contributed by atoms with van der Waals surface area (Å²) in [5, 5.41) is 6.79. The van der Waals surface area contributed by atoms with Crippen molar-refractivity contribution in [1.29, 1.82) is 4.78 Å². The van der Waals surface area contributed by atoms with Crippen LogP contribution >= 0.6 is 0 Å². The molecule has 0 radical (unpaired) electrons. The molecule has 11 nitrogen and oxygen atoms in total. The molecule has 0 bridgehead atoms. The minimum absolute atomic E-state index is 0.0360. The zero-order valence-electron chi connectivity index (χ0n) is 17.7. The summed E-state index contributed by atoms with van der Waals surface area (Å²) in [5.41, 5.74) is 1.59. The minimum atomic E-state index is -3.69. The number of aryl methyl sites for hydroxylation is 1. The monoisotopic (exact) mass is 437 g/mol. The molecule has 0 saturated carbocycles. The van der Waals surface area contributed by atoms with Crippen LogP contribution in [-0.4, -0.2) is 43.7 Å². The second-order valence-electron chi connectivity index (χ2n) is 7.52. The van der Waals surface area contributed by atoms with Gasteiger partial charge >= 0.3 is 12.0 Å². The average molecular weight is 438 g/mol. The van der Waals surface area contributed by atoms with Gasteiger partial charge in [-0.05, 0) is 11.8 Å². The molecule has 0 spiro atoms. The smallest absolute Gasteiger partial charge is 0.332 e. The fraction of sp³-hybridized carbons (Fsp3) is 0.556. The molecule has 0 aliphatic carbocycles. The number of nitrogens with zero attached hydrogens (tertiary/aromatic N) is 4. The largest absolute Gasteiger partial charge is 0.477 e. The van der Waals surface area contributed by atoms with Crippen molar-refractivity contribution in [3.05, 3.63) is 17.6 Å². The van der Waals surface area contributed by atoms with Gasteiger partial charge in [-0.3, -0.25) is 0 Å². The van der Waals surface area contributed by atoms with E-state index in [0.717, 1.165) is 6.42 Å². The first kappa shape index (κ1) is 21.8. The Morgan fingerprint density at radius 3 is 2.47 bits per heavy atom. The van der Waals surface area contributed by atoms with Crippen molar-refractivity contribution < 1.29 is 18.5 Å². The molecular formula is C18H27N7O4S. The lowest BCUT2D eigenvalue weighted by molar-refractivity contribution is 0.224. The first-order valence-electron chi connectivity index (χ1n) is 9.66. The van der Waals surface area contributed by atoms with Crippen molar-refractivity contribution in [2.24, 2.45) is 0 Å². The maximum atomic E-state index is 13.0. The van der Waals surface area contributed by atoms with E-state index in [1.54, 1.807) is 0 Å². The Balaban J connectivity index is 1.90. The van der Waals surface area contributed by atoms with Crippen LogP contribution in [0.25, 0.3) is 0 Å². The highest BCUT2D eigenvalue weighted by molar-refractivity contribution is 7.91. The number of carbonyl (C=O) groups is 1. The van der Waals surface area contributed by atoms with Crippen LogP contribution in [0.3, 0.4) is 0 Å². The standard InChI is InChI=1S/C18H27N7O4S/c1-10(2)13-15(14(11(3)4)23-18(22-13)28-5)21-17(26)24-30(19,27)12-9-20-25-7-6-8-29-16(12)25/h9-11H,6-8H2,1-5H3,(H3,19,21,24,26,27). The predicted molar refractivity (Wildman–Crippen MR) is 110 cm³/mol. The molecular weight excluding hydrogens is 410 g/mol. The second kappa shape index (κ2) is 8.46. The van der Waals surface area contributed by atoms with Gasteiger partial charge in [-0.1, -0.05) is 27.7 Å². The van der Waals surface area contributed by atoms with E-state index in [9.17, 15) is 9.00 Å². The summed E-state index contributed by atoms with van der Waals surface area (Å²) in [7, 11) is -2.21. The predicted octanol–water partition coefficient (Wildman–Crippen LogP) is 2.85. The third-order valence-electron chi connectivity index (χ3n) is 4.52. The first-order chi connectivity index (χ1) is 14.1. The molecule has 2 amide bonds. The number of fused-ring (bicyclic) bond motifs is 1. The Morgan fingerprint density at radius 2 is 1.90 bits per heavy atom. The molecule has 0 fully saturated rings. The van der Waals surface area contributed by atoms with Gasteiger partial charge in [0.15, 0.2) is 9.92 Å². The molecule has 30 heavy (non-hydrogen) atoms. The van der Waals surface area contributed by atoms with Crippen LogP contribution in [0, 0.1) is 4.78 Å². The maximum absolute atomic E-state index is 13.0. The highest BCUT2D eigenvalue weighted by Gasteiger charge is 2.27. The molecule has 0 aromatic carbocycles. The lowest BCUT2D eigenvalue weighted by atomic mass is 10.0. The van der Waals surface area contributed by atoms with E-state index >= 15 is 0 Å². The van der Waals surface area contributed by atoms with Crippen LogP contribution in [0.15, 0.2) is 11.1 Å². The van der Waals surface area contributed by atoms with Gasteiger partial charge in [0.1, 0.15) is 4.90 Å². The van der Waals surface area contributed by atoms with Gasteiger partial charge in [-0.25, -0.2) is 23.2 Å².